The Morgan fingerprint density at radius 2 is 1.61 bits per heavy atom. The number of benzene rings is 3. The Balaban J connectivity index is 1.20. The van der Waals surface area contributed by atoms with Crippen LogP contribution in [-0.2, 0) is 21.2 Å². The van der Waals surface area contributed by atoms with E-state index in [1.807, 2.05) is 4.90 Å². The van der Waals surface area contributed by atoms with E-state index in [4.69, 9.17) is 9.47 Å². The van der Waals surface area contributed by atoms with Crippen LogP contribution in [0.25, 0.3) is 0 Å². The Morgan fingerprint density at radius 1 is 0.932 bits per heavy atom. The molecule has 5 rings (SSSR count). The van der Waals surface area contributed by atoms with Gasteiger partial charge >= 0.3 is 0 Å². The number of hydrogen-bond acceptors (Lipinski definition) is 8. The number of hydrogen-bond donors (Lipinski definition) is 2. The van der Waals surface area contributed by atoms with Gasteiger partial charge in [0, 0.05) is 36.3 Å². The first-order valence-corrected chi connectivity index (χ1v) is 15.7. The number of carbonyl (C=O) groups is 2. The van der Waals surface area contributed by atoms with Crippen LogP contribution in [0.3, 0.4) is 0 Å². The summed E-state index contributed by atoms with van der Waals surface area (Å²) in [5, 5.41) is 5.52. The molecular weight excluding hydrogens is 587 g/mol. The number of nitrogens with zero attached hydrogens (tertiary/aromatic N) is 2. The molecule has 0 saturated carbocycles. The molecule has 0 spiro atoms. The summed E-state index contributed by atoms with van der Waals surface area (Å²) in [6.45, 7) is 4.18. The molecule has 0 atom stereocenters. The van der Waals surface area contributed by atoms with Crippen LogP contribution in [0, 0.1) is 12.7 Å². The molecule has 0 unspecified atom stereocenters. The topological polar surface area (TPSA) is 127 Å². The van der Waals surface area contributed by atoms with E-state index in [0.29, 0.717) is 49.1 Å². The van der Waals surface area contributed by atoms with E-state index in [1.165, 1.54) is 30.5 Å². The molecule has 44 heavy (non-hydrogen) atoms. The molecule has 12 heteroatoms. The fourth-order valence-electron chi connectivity index (χ4n) is 4.58. The molecule has 1 fully saturated rings. The quantitative estimate of drug-likeness (QED) is 0.273. The summed E-state index contributed by atoms with van der Waals surface area (Å²) >= 11 is 0. The number of ether oxygens (including phenoxy) is 2. The first-order chi connectivity index (χ1) is 21.0. The maximum Gasteiger partial charge on any atom is 0.257 e. The molecule has 10 nitrogen and oxygen atoms in total. The fraction of sp³-hybridized carbons (Fsp3) is 0.219. The summed E-state index contributed by atoms with van der Waals surface area (Å²) in [4.78, 5) is 32.6. The van der Waals surface area contributed by atoms with E-state index >= 15 is 0 Å². The van der Waals surface area contributed by atoms with Crippen molar-refractivity contribution < 1.29 is 31.9 Å². The highest BCUT2D eigenvalue weighted by atomic mass is 32.2. The van der Waals surface area contributed by atoms with Gasteiger partial charge in [0.1, 0.15) is 18.2 Å². The predicted octanol–water partition coefficient (Wildman–Crippen LogP) is 4.85. The molecule has 1 aliphatic rings. The number of pyridine rings is 1. The third kappa shape index (κ3) is 7.77. The van der Waals surface area contributed by atoms with Gasteiger partial charge in [-0.15, -0.1) is 0 Å². The van der Waals surface area contributed by atoms with Gasteiger partial charge in [-0.05, 0) is 73.2 Å². The SMILES string of the molecule is Cc1ncc(NC(=O)c2cc(F)cc(N3CCOCC3)c2)cc1C(=O)Nc1ccc(OCc2ccc(S(C)(=O)=O)cc2)cc1. The number of nitrogens with one attached hydrogen (secondary N) is 2. The van der Waals surface area contributed by atoms with E-state index in [-0.39, 0.29) is 28.3 Å². The molecular formula is C32H31FN4O6S. The first kappa shape index (κ1) is 30.6. The molecule has 1 saturated heterocycles. The van der Waals surface area contributed by atoms with Crippen molar-refractivity contribution in [3.8, 4) is 5.75 Å². The van der Waals surface area contributed by atoms with Crippen molar-refractivity contribution in [2.45, 2.75) is 18.4 Å². The number of carbonyl (C=O) groups excluding carboxylic acids is 2. The highest BCUT2D eigenvalue weighted by Crippen LogP contribution is 2.23. The van der Waals surface area contributed by atoms with Gasteiger partial charge in [0.15, 0.2) is 9.84 Å². The number of anilines is 3. The second kappa shape index (κ2) is 13.2. The molecule has 2 amide bonds. The lowest BCUT2D eigenvalue weighted by Gasteiger charge is -2.29. The van der Waals surface area contributed by atoms with Gasteiger partial charge in [0.05, 0.1) is 41.3 Å². The first-order valence-electron chi connectivity index (χ1n) is 13.8. The lowest BCUT2D eigenvalue weighted by atomic mass is 10.1. The van der Waals surface area contributed by atoms with Gasteiger partial charge in [-0.25, -0.2) is 12.8 Å². The zero-order chi connectivity index (χ0) is 31.3. The van der Waals surface area contributed by atoms with Crippen molar-refractivity contribution in [2.75, 3.05) is 48.1 Å². The normalized spacial score (nSPS) is 13.3. The molecule has 0 bridgehead atoms. The molecule has 2 N–H and O–H groups in total. The van der Waals surface area contributed by atoms with Crippen molar-refractivity contribution in [3.05, 3.63) is 107 Å². The van der Waals surface area contributed by atoms with Gasteiger partial charge in [-0.1, -0.05) is 12.1 Å². The van der Waals surface area contributed by atoms with Gasteiger partial charge in [0.25, 0.3) is 11.8 Å². The minimum absolute atomic E-state index is 0.145. The van der Waals surface area contributed by atoms with E-state index in [1.54, 1.807) is 49.4 Å². The lowest BCUT2D eigenvalue weighted by molar-refractivity contribution is 0.101. The Kier molecular flexibility index (Phi) is 9.21. The van der Waals surface area contributed by atoms with E-state index in [9.17, 15) is 22.4 Å². The minimum Gasteiger partial charge on any atom is -0.489 e. The van der Waals surface area contributed by atoms with Gasteiger partial charge in [0.2, 0.25) is 0 Å². The second-order valence-electron chi connectivity index (χ2n) is 10.3. The van der Waals surface area contributed by atoms with Crippen LogP contribution in [0.4, 0.5) is 21.5 Å². The van der Waals surface area contributed by atoms with Crippen LogP contribution < -0.4 is 20.3 Å². The second-order valence-corrected chi connectivity index (χ2v) is 12.3. The number of aryl methyl sites for hydroxylation is 1. The van der Waals surface area contributed by atoms with Crippen molar-refractivity contribution in [1.82, 2.24) is 4.98 Å². The molecule has 228 valence electrons. The number of halogens is 1. The summed E-state index contributed by atoms with van der Waals surface area (Å²) in [5.41, 5.74) is 3.07. The summed E-state index contributed by atoms with van der Waals surface area (Å²) in [7, 11) is -3.27. The van der Waals surface area contributed by atoms with Crippen molar-refractivity contribution in [2.24, 2.45) is 0 Å². The van der Waals surface area contributed by atoms with Crippen LogP contribution in [0.5, 0.6) is 5.75 Å². The monoisotopic (exact) mass is 618 g/mol. The molecule has 1 aliphatic heterocycles. The van der Waals surface area contributed by atoms with Crippen molar-refractivity contribution in [1.29, 1.82) is 0 Å². The number of aromatic nitrogens is 1. The smallest absolute Gasteiger partial charge is 0.257 e. The third-order valence-corrected chi connectivity index (χ3v) is 8.11. The van der Waals surface area contributed by atoms with Crippen LogP contribution in [0.2, 0.25) is 0 Å². The maximum atomic E-state index is 14.4. The molecule has 0 radical (unpaired) electrons. The number of sulfone groups is 1. The minimum atomic E-state index is -3.27. The van der Waals surface area contributed by atoms with E-state index in [0.717, 1.165) is 17.9 Å². The zero-order valence-electron chi connectivity index (χ0n) is 24.2. The zero-order valence-corrected chi connectivity index (χ0v) is 25.0. The highest BCUT2D eigenvalue weighted by Gasteiger charge is 2.17. The lowest BCUT2D eigenvalue weighted by Crippen LogP contribution is -2.36. The van der Waals surface area contributed by atoms with Crippen molar-refractivity contribution in [3.63, 3.8) is 0 Å². The summed E-state index contributed by atoms with van der Waals surface area (Å²) in [5.74, 6) is -0.920. The molecule has 0 aliphatic carbocycles. The Bertz CT molecular complexity index is 1770. The van der Waals surface area contributed by atoms with Crippen molar-refractivity contribution >= 4 is 38.7 Å². The Morgan fingerprint density at radius 3 is 2.30 bits per heavy atom. The number of morpholine rings is 1. The fourth-order valence-corrected chi connectivity index (χ4v) is 5.21. The standard InChI is InChI=1S/C32H31FN4O6S/c1-21-30(18-26(19-34-21)36-31(38)23-15-24(33)17-27(16-23)37-11-13-42-14-12-37)32(39)35-25-5-7-28(8-6-25)43-20-22-3-9-29(10-4-22)44(2,40)41/h3-10,15-19H,11-14,20H2,1-2H3,(H,35,39)(H,36,38). The van der Waals surface area contributed by atoms with Gasteiger partial charge in [-0.3, -0.25) is 14.6 Å². The predicted molar refractivity (Wildman–Crippen MR) is 165 cm³/mol. The van der Waals surface area contributed by atoms with Crippen LogP contribution in [0.15, 0.2) is 83.9 Å². The molecule has 4 aromatic rings. The number of rotatable bonds is 9. The van der Waals surface area contributed by atoms with Crippen LogP contribution >= 0.6 is 0 Å². The van der Waals surface area contributed by atoms with E-state index < -0.39 is 27.5 Å². The molecule has 2 heterocycles. The summed E-state index contributed by atoms with van der Waals surface area (Å²) in [6.07, 6.45) is 2.59. The average molecular weight is 619 g/mol. The highest BCUT2D eigenvalue weighted by molar-refractivity contribution is 7.90. The van der Waals surface area contributed by atoms with E-state index in [2.05, 4.69) is 15.6 Å². The molecule has 1 aromatic heterocycles. The Hall–Kier alpha value is -4.81. The van der Waals surface area contributed by atoms with Gasteiger partial charge < -0.3 is 25.0 Å². The van der Waals surface area contributed by atoms with Crippen LogP contribution in [-0.4, -0.2) is 57.8 Å². The largest absolute Gasteiger partial charge is 0.489 e. The van der Waals surface area contributed by atoms with Crippen LogP contribution in [0.1, 0.15) is 32.0 Å². The average Bonchev–Trinajstić information content (AvgIpc) is 3.01. The third-order valence-electron chi connectivity index (χ3n) is 6.98. The summed E-state index contributed by atoms with van der Waals surface area (Å²) in [6, 6.07) is 18.9. The number of amides is 2. The molecule has 3 aromatic carbocycles. The Labute approximate surface area is 254 Å². The summed E-state index contributed by atoms with van der Waals surface area (Å²) < 4.78 is 48.8. The maximum absolute atomic E-state index is 14.4. The van der Waals surface area contributed by atoms with Gasteiger partial charge in [-0.2, -0.15) is 0 Å².